The van der Waals surface area contributed by atoms with E-state index >= 15 is 0 Å². The van der Waals surface area contributed by atoms with Crippen molar-refractivity contribution in [3.8, 4) is 0 Å². The number of hydrogen-bond donors (Lipinski definition) is 1. The van der Waals surface area contributed by atoms with Gasteiger partial charge < -0.3 is 10.1 Å². The van der Waals surface area contributed by atoms with Crippen molar-refractivity contribution in [2.45, 2.75) is 32.1 Å². The van der Waals surface area contributed by atoms with Gasteiger partial charge in [0, 0.05) is 32.4 Å². The normalized spacial score (nSPS) is 29.4. The number of pyridine rings is 1. The smallest absolute Gasteiger partial charge is 0.225 e. The van der Waals surface area contributed by atoms with Gasteiger partial charge in [0.15, 0.2) is 0 Å². The summed E-state index contributed by atoms with van der Waals surface area (Å²) in [6, 6.07) is 6.11. The Bertz CT molecular complexity index is 506. The maximum atomic E-state index is 11.8. The van der Waals surface area contributed by atoms with E-state index in [-0.39, 0.29) is 24.0 Å². The van der Waals surface area contributed by atoms with Crippen LogP contribution in [0.15, 0.2) is 18.2 Å². The Morgan fingerprint density at radius 3 is 3.10 bits per heavy atom. The molecule has 2 bridgehead atoms. The summed E-state index contributed by atoms with van der Waals surface area (Å²) in [5.41, 5.74) is 2.13. The van der Waals surface area contributed by atoms with Crippen molar-refractivity contribution in [3.63, 3.8) is 0 Å². The number of amides is 1. The fourth-order valence-corrected chi connectivity index (χ4v) is 3.24. The first-order chi connectivity index (χ1) is 9.65. The summed E-state index contributed by atoms with van der Waals surface area (Å²) in [4.78, 5) is 18.7. The zero-order chi connectivity index (χ0) is 14.1. The Balaban J connectivity index is 1.65. The maximum absolute atomic E-state index is 11.8. The number of carbonyl (C=O) groups is 1. The molecule has 0 saturated carbocycles. The predicted octanol–water partition coefficient (Wildman–Crippen LogP) is 0.725. The third-order valence-electron chi connectivity index (χ3n) is 4.15. The number of rotatable bonds is 3. The van der Waals surface area contributed by atoms with E-state index in [0.29, 0.717) is 0 Å². The molecule has 0 radical (unpaired) electrons. The van der Waals surface area contributed by atoms with Crippen LogP contribution in [0.25, 0.3) is 0 Å². The average molecular weight is 275 g/mol. The minimum absolute atomic E-state index is 0.000434. The van der Waals surface area contributed by atoms with Crippen LogP contribution in [-0.2, 0) is 16.1 Å². The molecule has 0 unspecified atom stereocenters. The first-order valence-electron chi connectivity index (χ1n) is 7.17. The van der Waals surface area contributed by atoms with E-state index in [2.05, 4.69) is 21.3 Å². The van der Waals surface area contributed by atoms with Gasteiger partial charge in [0.05, 0.1) is 23.8 Å². The Morgan fingerprint density at radius 2 is 2.35 bits per heavy atom. The topological polar surface area (TPSA) is 54.5 Å². The quantitative estimate of drug-likeness (QED) is 0.883. The highest BCUT2D eigenvalue weighted by Gasteiger charge is 2.44. The summed E-state index contributed by atoms with van der Waals surface area (Å²) in [5.74, 6) is 0.105. The average Bonchev–Trinajstić information content (AvgIpc) is 2.73. The van der Waals surface area contributed by atoms with Gasteiger partial charge in [-0.15, -0.1) is 0 Å². The Morgan fingerprint density at radius 1 is 1.50 bits per heavy atom. The lowest BCUT2D eigenvalue weighted by Crippen LogP contribution is -2.44. The molecule has 5 nitrogen and oxygen atoms in total. The molecule has 1 aromatic rings. The summed E-state index contributed by atoms with van der Waals surface area (Å²) < 4.78 is 5.90. The SMILES string of the molecule is CNC(=O)[C@@H]1C[C@H]2CN(Cc3cccc(C)n3)C[C@H]1O2. The van der Waals surface area contributed by atoms with Gasteiger partial charge in [0.25, 0.3) is 0 Å². The molecule has 2 aliphatic heterocycles. The summed E-state index contributed by atoms with van der Waals surface area (Å²) in [6.07, 6.45) is 1.04. The van der Waals surface area contributed by atoms with E-state index in [9.17, 15) is 4.79 Å². The third kappa shape index (κ3) is 2.69. The highest BCUT2D eigenvalue weighted by Crippen LogP contribution is 2.32. The number of nitrogens with zero attached hydrogens (tertiary/aromatic N) is 2. The number of ether oxygens (including phenoxy) is 1. The lowest BCUT2D eigenvalue weighted by Gasteiger charge is -2.32. The van der Waals surface area contributed by atoms with Crippen LogP contribution in [0.1, 0.15) is 17.8 Å². The van der Waals surface area contributed by atoms with Gasteiger partial charge in [-0.25, -0.2) is 0 Å². The van der Waals surface area contributed by atoms with E-state index in [1.807, 2.05) is 19.1 Å². The van der Waals surface area contributed by atoms with Crippen LogP contribution in [0.5, 0.6) is 0 Å². The zero-order valence-corrected chi connectivity index (χ0v) is 12.0. The van der Waals surface area contributed by atoms with E-state index < -0.39 is 0 Å². The molecule has 1 aromatic heterocycles. The van der Waals surface area contributed by atoms with Crippen LogP contribution in [0.2, 0.25) is 0 Å². The van der Waals surface area contributed by atoms with Crippen LogP contribution in [-0.4, -0.2) is 48.1 Å². The van der Waals surface area contributed by atoms with Gasteiger partial charge in [0.2, 0.25) is 5.91 Å². The number of carbonyl (C=O) groups excluding carboxylic acids is 1. The lowest BCUT2D eigenvalue weighted by atomic mass is 10.00. The molecule has 0 aromatic carbocycles. The fraction of sp³-hybridized carbons (Fsp3) is 0.600. The number of hydrogen-bond acceptors (Lipinski definition) is 4. The minimum Gasteiger partial charge on any atom is -0.371 e. The van der Waals surface area contributed by atoms with Crippen LogP contribution in [0.4, 0.5) is 0 Å². The molecule has 0 spiro atoms. The number of morpholine rings is 1. The molecule has 0 aliphatic carbocycles. The van der Waals surface area contributed by atoms with Crippen molar-refractivity contribution in [2.75, 3.05) is 20.1 Å². The number of fused-ring (bicyclic) bond motifs is 2. The molecule has 1 amide bonds. The molecule has 5 heteroatoms. The maximum Gasteiger partial charge on any atom is 0.225 e. The molecule has 2 aliphatic rings. The summed E-state index contributed by atoms with van der Waals surface area (Å²) in [6.45, 7) is 4.54. The van der Waals surface area contributed by atoms with E-state index in [4.69, 9.17) is 4.74 Å². The van der Waals surface area contributed by atoms with E-state index in [1.165, 1.54) is 0 Å². The first-order valence-corrected chi connectivity index (χ1v) is 7.17. The molecule has 3 atom stereocenters. The van der Waals surface area contributed by atoms with Gasteiger partial charge in [-0.2, -0.15) is 0 Å². The second-order valence-corrected chi connectivity index (χ2v) is 5.72. The largest absolute Gasteiger partial charge is 0.371 e. The summed E-state index contributed by atoms with van der Waals surface area (Å²) in [7, 11) is 1.69. The molecular weight excluding hydrogens is 254 g/mol. The number of likely N-dealkylation sites (tertiary alicyclic amines) is 1. The van der Waals surface area contributed by atoms with Crippen LogP contribution in [0.3, 0.4) is 0 Å². The molecule has 108 valence electrons. The third-order valence-corrected chi connectivity index (χ3v) is 4.15. The van der Waals surface area contributed by atoms with Crippen LogP contribution in [0, 0.1) is 12.8 Å². The number of aryl methyl sites for hydroxylation is 1. The molecule has 3 heterocycles. The van der Waals surface area contributed by atoms with Gasteiger partial charge in [-0.3, -0.25) is 14.7 Å². The van der Waals surface area contributed by atoms with Crippen molar-refractivity contribution in [1.29, 1.82) is 0 Å². The van der Waals surface area contributed by atoms with Crippen molar-refractivity contribution in [2.24, 2.45) is 5.92 Å². The summed E-state index contributed by atoms with van der Waals surface area (Å²) in [5, 5.41) is 2.74. The highest BCUT2D eigenvalue weighted by molar-refractivity contribution is 5.79. The van der Waals surface area contributed by atoms with Crippen molar-refractivity contribution in [1.82, 2.24) is 15.2 Å². The second-order valence-electron chi connectivity index (χ2n) is 5.72. The monoisotopic (exact) mass is 275 g/mol. The van der Waals surface area contributed by atoms with Crippen molar-refractivity contribution >= 4 is 5.91 Å². The molecule has 20 heavy (non-hydrogen) atoms. The first kappa shape index (κ1) is 13.5. The Labute approximate surface area is 119 Å². The lowest BCUT2D eigenvalue weighted by molar-refractivity contribution is -0.127. The van der Waals surface area contributed by atoms with Crippen LogP contribution < -0.4 is 5.32 Å². The molecular formula is C15H21N3O2. The highest BCUT2D eigenvalue weighted by atomic mass is 16.5. The van der Waals surface area contributed by atoms with Gasteiger partial charge >= 0.3 is 0 Å². The van der Waals surface area contributed by atoms with Crippen LogP contribution >= 0.6 is 0 Å². The molecule has 3 rings (SSSR count). The van der Waals surface area contributed by atoms with E-state index in [1.54, 1.807) is 7.05 Å². The summed E-state index contributed by atoms with van der Waals surface area (Å²) >= 11 is 0. The Kier molecular flexibility index (Phi) is 3.72. The van der Waals surface area contributed by atoms with Crippen molar-refractivity contribution in [3.05, 3.63) is 29.6 Å². The number of aromatic nitrogens is 1. The molecule has 2 saturated heterocycles. The minimum atomic E-state index is 0.000434. The standard InChI is InChI=1S/C15H21N3O2/c1-10-4-3-5-11(17-10)7-18-8-12-6-13(15(19)16-2)14(9-18)20-12/h3-5,12-14H,6-9H2,1-2H3,(H,16,19)/t12-,13+,14+/m0/s1. The van der Waals surface area contributed by atoms with Crippen molar-refractivity contribution < 1.29 is 9.53 Å². The zero-order valence-electron chi connectivity index (χ0n) is 12.0. The molecule has 1 N–H and O–H groups in total. The Hall–Kier alpha value is -1.46. The fourth-order valence-electron chi connectivity index (χ4n) is 3.24. The van der Waals surface area contributed by atoms with Gasteiger partial charge in [0.1, 0.15) is 0 Å². The second kappa shape index (κ2) is 5.50. The van der Waals surface area contributed by atoms with E-state index in [0.717, 1.165) is 37.4 Å². The predicted molar refractivity (Wildman–Crippen MR) is 75.1 cm³/mol. The van der Waals surface area contributed by atoms with Gasteiger partial charge in [-0.05, 0) is 25.5 Å². The molecule has 2 fully saturated rings. The number of nitrogens with one attached hydrogen (secondary N) is 1. The van der Waals surface area contributed by atoms with Gasteiger partial charge in [-0.1, -0.05) is 6.07 Å².